The summed E-state index contributed by atoms with van der Waals surface area (Å²) in [5.41, 5.74) is 2.65. The zero-order valence-corrected chi connectivity index (χ0v) is 26.6. The van der Waals surface area contributed by atoms with Crippen molar-refractivity contribution in [1.29, 1.82) is 0 Å². The van der Waals surface area contributed by atoms with Crippen LogP contribution < -0.4 is 5.32 Å². The number of amides is 2. The highest BCUT2D eigenvalue weighted by Crippen LogP contribution is 2.19. The molecule has 0 aromatic carbocycles. The first-order valence-electron chi connectivity index (χ1n) is 13.4. The molecular weight excluding hydrogens is 445 g/mol. The lowest BCUT2D eigenvalue weighted by Crippen LogP contribution is -2.51. The molecule has 1 aliphatic heterocycles. The van der Waals surface area contributed by atoms with Crippen molar-refractivity contribution in [2.45, 2.75) is 156 Å². The van der Waals surface area contributed by atoms with Gasteiger partial charge in [-0.15, -0.1) is 0 Å². The quantitative estimate of drug-likeness (QED) is 0.378. The fourth-order valence-corrected chi connectivity index (χ4v) is 3.02. The summed E-state index contributed by atoms with van der Waals surface area (Å²) in [6, 6.07) is 0.537. The Morgan fingerprint density at radius 1 is 0.944 bits per heavy atom. The number of carbonyl (C=O) groups is 2. The van der Waals surface area contributed by atoms with Gasteiger partial charge in [0.05, 0.1) is 0 Å². The minimum Gasteiger partial charge on any atom is -0.354 e. The van der Waals surface area contributed by atoms with Crippen LogP contribution in [0.25, 0.3) is 0 Å². The summed E-state index contributed by atoms with van der Waals surface area (Å²) in [5.74, 6) is 0.557. The summed E-state index contributed by atoms with van der Waals surface area (Å²) in [4.78, 5) is 28.8. The lowest BCUT2D eigenvalue weighted by Gasteiger charge is -2.40. The van der Waals surface area contributed by atoms with Crippen molar-refractivity contribution in [3.05, 3.63) is 11.3 Å². The fourth-order valence-electron chi connectivity index (χ4n) is 3.02. The number of carbonyl (C=O) groups excluding carboxylic acids is 2. The summed E-state index contributed by atoms with van der Waals surface area (Å²) >= 11 is 0. The third kappa shape index (κ3) is 24.1. The predicted molar refractivity (Wildman–Crippen MR) is 166 cm³/mol. The Hall–Kier alpha value is -1.59. The second-order valence-electron chi connectivity index (χ2n) is 10.0. The van der Waals surface area contributed by atoms with E-state index in [0.29, 0.717) is 0 Å². The second kappa shape index (κ2) is 26.5. The normalized spacial score (nSPS) is 11.5. The Morgan fingerprint density at radius 2 is 1.36 bits per heavy atom. The van der Waals surface area contributed by atoms with Crippen molar-refractivity contribution in [2.24, 2.45) is 16.8 Å². The van der Waals surface area contributed by atoms with Crippen LogP contribution in [0.1, 0.15) is 138 Å². The maximum Gasteiger partial charge on any atom is 0.225 e. The van der Waals surface area contributed by atoms with E-state index in [-0.39, 0.29) is 57.1 Å². The predicted octanol–water partition coefficient (Wildman–Crippen LogP) is 8.30. The van der Waals surface area contributed by atoms with Crippen LogP contribution in [0, 0.1) is 11.8 Å². The van der Waals surface area contributed by atoms with E-state index >= 15 is 0 Å². The molecule has 1 heterocycles. The minimum atomic E-state index is -0.0739. The Balaban J connectivity index is -0.0000000872. The van der Waals surface area contributed by atoms with Gasteiger partial charge in [0.15, 0.2) is 0 Å². The topological polar surface area (TPSA) is 61.8 Å². The molecule has 3 radical (unpaired) electrons. The molecule has 0 saturated carbocycles. The maximum absolute atomic E-state index is 11.9. The second-order valence-corrected chi connectivity index (χ2v) is 10.0. The van der Waals surface area contributed by atoms with Gasteiger partial charge in [0.2, 0.25) is 11.8 Å². The molecule has 0 spiro atoms. The molecule has 0 atom stereocenters. The molecule has 2 amide bonds. The van der Waals surface area contributed by atoms with Crippen LogP contribution in [0.2, 0.25) is 0 Å². The zero-order valence-electron chi connectivity index (χ0n) is 26.6. The number of aliphatic imine (C=N–C) groups is 1. The molecule has 6 heteroatoms. The van der Waals surface area contributed by atoms with Crippen LogP contribution >= 0.6 is 0 Å². The van der Waals surface area contributed by atoms with E-state index in [4.69, 9.17) is 0 Å². The standard InChI is InChI=1S/C11H23NO.C7H15NO.C7H11N.2C2H6.CH4.B/c1-8(2)10(13)12(9(3)4)11(5,6)7;1-5(2)7(9)8-6(3)4;1-3-7-4-5-8-6(7)2;2*1-2;;/h8-9H,1-7H3;5-6H,1-4H3,(H,8,9);5H,3-4H2,1-2H3;2*1-2H3;1H4;. The summed E-state index contributed by atoms with van der Waals surface area (Å²) in [6.07, 6.45) is 4.22. The van der Waals surface area contributed by atoms with Crippen molar-refractivity contribution < 1.29 is 9.59 Å². The van der Waals surface area contributed by atoms with E-state index in [0.717, 1.165) is 12.8 Å². The van der Waals surface area contributed by atoms with Crippen molar-refractivity contribution in [2.75, 3.05) is 0 Å². The number of rotatable bonds is 5. The number of hydrogen-bond donors (Lipinski definition) is 1. The van der Waals surface area contributed by atoms with Crippen LogP contribution in [0.15, 0.2) is 16.3 Å². The summed E-state index contributed by atoms with van der Waals surface area (Å²) < 4.78 is 0. The minimum absolute atomic E-state index is 0. The van der Waals surface area contributed by atoms with Crippen molar-refractivity contribution in [3.8, 4) is 0 Å². The van der Waals surface area contributed by atoms with Crippen LogP contribution in [-0.2, 0) is 9.59 Å². The molecular formula is C30H65BN3O2. The van der Waals surface area contributed by atoms with Crippen molar-refractivity contribution >= 4 is 26.4 Å². The number of nitrogens with one attached hydrogen (secondary N) is 1. The van der Waals surface area contributed by atoms with Gasteiger partial charge in [0.1, 0.15) is 0 Å². The highest BCUT2D eigenvalue weighted by molar-refractivity contribution is 5.79. The molecule has 1 rings (SSSR count). The Morgan fingerprint density at radius 3 is 1.47 bits per heavy atom. The first kappa shape index (κ1) is 47.6. The van der Waals surface area contributed by atoms with Crippen LogP contribution in [-0.4, -0.2) is 49.0 Å². The molecule has 36 heavy (non-hydrogen) atoms. The van der Waals surface area contributed by atoms with E-state index in [1.807, 2.05) is 80.4 Å². The van der Waals surface area contributed by atoms with Gasteiger partial charge in [-0.2, -0.15) is 0 Å². The molecule has 0 aliphatic carbocycles. The molecule has 0 aromatic rings. The average Bonchev–Trinajstić information content (AvgIpc) is 3.15. The molecule has 0 aromatic heterocycles. The monoisotopic (exact) mass is 511 g/mol. The molecule has 0 fully saturated rings. The van der Waals surface area contributed by atoms with Gasteiger partial charge in [-0.1, -0.05) is 69.7 Å². The van der Waals surface area contributed by atoms with Gasteiger partial charge >= 0.3 is 0 Å². The van der Waals surface area contributed by atoms with Gasteiger partial charge in [0, 0.05) is 56.2 Å². The van der Waals surface area contributed by atoms with Gasteiger partial charge in [0.25, 0.3) is 0 Å². The highest BCUT2D eigenvalue weighted by atomic mass is 16.2. The largest absolute Gasteiger partial charge is 0.354 e. The lowest BCUT2D eigenvalue weighted by atomic mass is 10.0. The van der Waals surface area contributed by atoms with E-state index in [9.17, 15) is 9.59 Å². The van der Waals surface area contributed by atoms with Crippen LogP contribution in [0.3, 0.4) is 0 Å². The lowest BCUT2D eigenvalue weighted by molar-refractivity contribution is -0.141. The average molecular weight is 511 g/mol. The third-order valence-electron chi connectivity index (χ3n) is 4.49. The number of hydrogen-bond acceptors (Lipinski definition) is 3. The van der Waals surface area contributed by atoms with Gasteiger partial charge in [-0.05, 0) is 67.4 Å². The van der Waals surface area contributed by atoms with Crippen molar-refractivity contribution in [3.63, 3.8) is 0 Å². The molecule has 1 aliphatic rings. The molecule has 1 N–H and O–H groups in total. The van der Waals surface area contributed by atoms with Gasteiger partial charge < -0.3 is 10.2 Å². The SMILES string of the molecule is C.CC.CC.CC(C)C(=O)N(C(C)C)C(C)(C)C.CC(C)NC(=O)C(C)C.CCC1=C(C)N=CC1.[B]. The first-order chi connectivity index (χ1) is 15.6. The third-order valence-corrected chi connectivity index (χ3v) is 4.49. The van der Waals surface area contributed by atoms with E-state index < -0.39 is 0 Å². The Labute approximate surface area is 230 Å². The molecule has 0 bridgehead atoms. The molecule has 215 valence electrons. The van der Waals surface area contributed by atoms with Crippen molar-refractivity contribution in [1.82, 2.24) is 10.2 Å². The fraction of sp³-hybridized carbons (Fsp3) is 0.833. The van der Waals surface area contributed by atoms with Crippen LogP contribution in [0.4, 0.5) is 0 Å². The van der Waals surface area contributed by atoms with Crippen LogP contribution in [0.5, 0.6) is 0 Å². The van der Waals surface area contributed by atoms with E-state index in [2.05, 4.69) is 58.8 Å². The molecule has 0 saturated heterocycles. The highest BCUT2D eigenvalue weighted by Gasteiger charge is 2.29. The van der Waals surface area contributed by atoms with Gasteiger partial charge in [-0.3, -0.25) is 14.6 Å². The number of nitrogens with zero attached hydrogens (tertiary/aromatic N) is 2. The molecule has 0 unspecified atom stereocenters. The zero-order chi connectivity index (χ0) is 28.2. The maximum atomic E-state index is 11.9. The van der Waals surface area contributed by atoms with Gasteiger partial charge in [-0.25, -0.2) is 0 Å². The summed E-state index contributed by atoms with van der Waals surface area (Å²) in [5, 5.41) is 2.80. The molecule has 5 nitrogen and oxygen atoms in total. The Kier molecular flexibility index (Phi) is 35.0. The smallest absolute Gasteiger partial charge is 0.225 e. The first-order valence-corrected chi connectivity index (χ1v) is 13.4. The van der Waals surface area contributed by atoms with E-state index in [1.165, 1.54) is 11.3 Å². The number of allylic oxidation sites excluding steroid dienone is 2. The summed E-state index contributed by atoms with van der Waals surface area (Å²) in [6.45, 7) is 34.2. The Bertz CT molecular complexity index is 587. The van der Waals surface area contributed by atoms with E-state index in [1.54, 1.807) is 0 Å². The summed E-state index contributed by atoms with van der Waals surface area (Å²) in [7, 11) is 0.